The third kappa shape index (κ3) is 5.80. The van der Waals surface area contributed by atoms with Gasteiger partial charge in [0.1, 0.15) is 11.6 Å². The van der Waals surface area contributed by atoms with Crippen LogP contribution in [0.3, 0.4) is 0 Å². The Morgan fingerprint density at radius 3 is 2.70 bits per heavy atom. The van der Waals surface area contributed by atoms with E-state index < -0.39 is 15.8 Å². The lowest BCUT2D eigenvalue weighted by Gasteiger charge is -2.30. The summed E-state index contributed by atoms with van der Waals surface area (Å²) in [4.78, 5) is 11.7. The summed E-state index contributed by atoms with van der Waals surface area (Å²) in [6.45, 7) is 1.28. The molecule has 8 heteroatoms. The van der Waals surface area contributed by atoms with E-state index in [0.29, 0.717) is 25.4 Å². The van der Waals surface area contributed by atoms with Gasteiger partial charge in [-0.05, 0) is 30.9 Å². The van der Waals surface area contributed by atoms with Gasteiger partial charge in [-0.15, -0.1) is 0 Å². The fourth-order valence-electron chi connectivity index (χ4n) is 2.46. The first kappa shape index (κ1) is 17.7. The van der Waals surface area contributed by atoms with Crippen LogP contribution in [0.2, 0.25) is 0 Å². The van der Waals surface area contributed by atoms with Crippen LogP contribution in [0.1, 0.15) is 12.8 Å². The van der Waals surface area contributed by atoms with Gasteiger partial charge in [0.05, 0.1) is 6.26 Å². The molecule has 23 heavy (non-hydrogen) atoms. The predicted molar refractivity (Wildman–Crippen MR) is 84.0 cm³/mol. The molecule has 2 rings (SSSR count). The molecule has 0 atom stereocenters. The molecular formula is C15H21FN2O4S. The van der Waals surface area contributed by atoms with Gasteiger partial charge in [0.2, 0.25) is 10.0 Å². The third-order valence-electron chi connectivity index (χ3n) is 3.80. The highest BCUT2D eigenvalue weighted by Gasteiger charge is 2.24. The van der Waals surface area contributed by atoms with E-state index in [0.717, 1.165) is 12.8 Å². The predicted octanol–water partition coefficient (Wildman–Crippen LogP) is 0.992. The van der Waals surface area contributed by atoms with Crippen molar-refractivity contribution in [2.75, 3.05) is 32.5 Å². The average Bonchev–Trinajstić information content (AvgIpc) is 2.50. The van der Waals surface area contributed by atoms with E-state index in [9.17, 15) is 17.6 Å². The molecule has 1 aromatic carbocycles. The lowest BCUT2D eigenvalue weighted by molar-refractivity contribution is -0.123. The van der Waals surface area contributed by atoms with Gasteiger partial charge in [0, 0.05) is 25.7 Å². The molecule has 6 nitrogen and oxygen atoms in total. The standard InChI is InChI=1S/C15H21FN2O4S/c1-23(20,21)18-7-5-12(6-8-18)10-17-15(19)11-22-14-4-2-3-13(16)9-14/h2-4,9,12H,5-8,10-11H2,1H3,(H,17,19). The Kier molecular flexibility index (Phi) is 5.95. The average molecular weight is 344 g/mol. The minimum atomic E-state index is -3.13. The minimum absolute atomic E-state index is 0.175. The van der Waals surface area contributed by atoms with Gasteiger partial charge in [0.15, 0.2) is 6.61 Å². The van der Waals surface area contributed by atoms with Gasteiger partial charge in [-0.25, -0.2) is 17.1 Å². The molecule has 0 spiro atoms. The highest BCUT2D eigenvalue weighted by molar-refractivity contribution is 7.88. The van der Waals surface area contributed by atoms with Gasteiger partial charge in [-0.1, -0.05) is 6.07 Å². The van der Waals surface area contributed by atoms with Crippen LogP contribution in [-0.2, 0) is 14.8 Å². The second kappa shape index (κ2) is 7.74. The number of halogens is 1. The Hall–Kier alpha value is -1.67. The number of hydrogen-bond acceptors (Lipinski definition) is 4. The summed E-state index contributed by atoms with van der Waals surface area (Å²) < 4.78 is 42.5. The van der Waals surface area contributed by atoms with Gasteiger partial charge >= 0.3 is 0 Å². The molecule has 128 valence electrons. The number of carbonyl (C=O) groups is 1. The van der Waals surface area contributed by atoms with Gasteiger partial charge in [0.25, 0.3) is 5.91 Å². The SMILES string of the molecule is CS(=O)(=O)N1CCC(CNC(=O)COc2cccc(F)c2)CC1. The molecule has 0 bridgehead atoms. The maximum absolute atomic E-state index is 13.0. The summed E-state index contributed by atoms with van der Waals surface area (Å²) in [6, 6.07) is 5.61. The Morgan fingerprint density at radius 2 is 2.09 bits per heavy atom. The number of piperidine rings is 1. The molecule has 1 aliphatic rings. The summed E-state index contributed by atoms with van der Waals surface area (Å²) >= 11 is 0. The number of sulfonamides is 1. The molecule has 0 saturated carbocycles. The second-order valence-electron chi connectivity index (χ2n) is 5.66. The molecule has 0 aromatic heterocycles. The number of carbonyl (C=O) groups excluding carboxylic acids is 1. The summed E-state index contributed by atoms with van der Waals surface area (Å²) in [5.74, 6) is -0.131. The largest absolute Gasteiger partial charge is 0.484 e. The van der Waals surface area contributed by atoms with Crippen molar-refractivity contribution in [2.24, 2.45) is 5.92 Å². The van der Waals surface area contributed by atoms with E-state index in [1.807, 2.05) is 0 Å². The van der Waals surface area contributed by atoms with Crippen molar-refractivity contribution in [2.45, 2.75) is 12.8 Å². The van der Waals surface area contributed by atoms with Crippen LogP contribution in [0.15, 0.2) is 24.3 Å². The zero-order chi connectivity index (χ0) is 16.9. The molecule has 1 N–H and O–H groups in total. The first-order valence-electron chi connectivity index (χ1n) is 7.45. The Balaban J connectivity index is 1.67. The molecule has 0 aliphatic carbocycles. The highest BCUT2D eigenvalue weighted by Crippen LogP contribution is 2.18. The van der Waals surface area contributed by atoms with Crippen LogP contribution < -0.4 is 10.1 Å². The Labute approximate surface area is 135 Å². The van der Waals surface area contributed by atoms with Crippen LogP contribution in [0.25, 0.3) is 0 Å². The van der Waals surface area contributed by atoms with Gasteiger partial charge in [-0.3, -0.25) is 4.79 Å². The summed E-state index contributed by atoms with van der Waals surface area (Å²) in [7, 11) is -3.13. The Bertz CT molecular complexity index is 643. The van der Waals surface area contributed by atoms with Crippen LogP contribution in [0.5, 0.6) is 5.75 Å². The fraction of sp³-hybridized carbons (Fsp3) is 0.533. The van der Waals surface area contributed by atoms with Crippen molar-refractivity contribution < 1.29 is 22.3 Å². The number of hydrogen-bond donors (Lipinski definition) is 1. The van der Waals surface area contributed by atoms with E-state index in [-0.39, 0.29) is 18.4 Å². The lowest BCUT2D eigenvalue weighted by atomic mass is 9.98. The normalized spacial score (nSPS) is 17.0. The molecule has 1 aromatic rings. The monoisotopic (exact) mass is 344 g/mol. The number of ether oxygens (including phenoxy) is 1. The molecule has 1 fully saturated rings. The minimum Gasteiger partial charge on any atom is -0.484 e. The Morgan fingerprint density at radius 1 is 1.39 bits per heavy atom. The summed E-state index contributed by atoms with van der Waals surface area (Å²) in [6.07, 6.45) is 2.65. The number of rotatable bonds is 6. The van der Waals surface area contributed by atoms with Crippen LogP contribution in [-0.4, -0.2) is 51.1 Å². The van der Waals surface area contributed by atoms with E-state index in [4.69, 9.17) is 4.74 Å². The molecule has 1 saturated heterocycles. The quantitative estimate of drug-likeness (QED) is 0.835. The maximum Gasteiger partial charge on any atom is 0.257 e. The molecule has 0 radical (unpaired) electrons. The molecule has 1 aliphatic heterocycles. The first-order valence-corrected chi connectivity index (χ1v) is 9.29. The number of amides is 1. The van der Waals surface area contributed by atoms with Crippen molar-refractivity contribution in [3.8, 4) is 5.75 Å². The zero-order valence-corrected chi connectivity index (χ0v) is 13.8. The van der Waals surface area contributed by atoms with E-state index in [1.54, 1.807) is 6.07 Å². The van der Waals surface area contributed by atoms with Crippen molar-refractivity contribution in [1.82, 2.24) is 9.62 Å². The van der Waals surface area contributed by atoms with Crippen molar-refractivity contribution in [3.63, 3.8) is 0 Å². The molecule has 1 amide bonds. The summed E-state index contributed by atoms with van der Waals surface area (Å²) in [5, 5.41) is 2.77. The number of nitrogens with one attached hydrogen (secondary N) is 1. The number of nitrogens with zero attached hydrogens (tertiary/aromatic N) is 1. The smallest absolute Gasteiger partial charge is 0.257 e. The number of benzene rings is 1. The van der Waals surface area contributed by atoms with Crippen molar-refractivity contribution >= 4 is 15.9 Å². The van der Waals surface area contributed by atoms with Crippen LogP contribution >= 0.6 is 0 Å². The van der Waals surface area contributed by atoms with Crippen LogP contribution in [0, 0.1) is 11.7 Å². The van der Waals surface area contributed by atoms with E-state index in [2.05, 4.69) is 5.32 Å². The highest BCUT2D eigenvalue weighted by atomic mass is 32.2. The third-order valence-corrected chi connectivity index (χ3v) is 5.10. The van der Waals surface area contributed by atoms with Gasteiger partial charge in [-0.2, -0.15) is 0 Å². The van der Waals surface area contributed by atoms with Crippen molar-refractivity contribution in [1.29, 1.82) is 0 Å². The molecular weight excluding hydrogens is 323 g/mol. The zero-order valence-electron chi connectivity index (χ0n) is 13.0. The summed E-state index contributed by atoms with van der Waals surface area (Å²) in [5.41, 5.74) is 0. The second-order valence-corrected chi connectivity index (χ2v) is 7.64. The topological polar surface area (TPSA) is 75.7 Å². The van der Waals surface area contributed by atoms with E-state index in [1.165, 1.54) is 28.8 Å². The van der Waals surface area contributed by atoms with Gasteiger partial charge < -0.3 is 10.1 Å². The first-order chi connectivity index (χ1) is 10.8. The molecule has 0 unspecified atom stereocenters. The lowest BCUT2D eigenvalue weighted by Crippen LogP contribution is -2.41. The fourth-order valence-corrected chi connectivity index (χ4v) is 3.33. The van der Waals surface area contributed by atoms with Crippen LogP contribution in [0.4, 0.5) is 4.39 Å². The van der Waals surface area contributed by atoms with Crippen molar-refractivity contribution in [3.05, 3.63) is 30.1 Å². The molecule has 1 heterocycles. The van der Waals surface area contributed by atoms with E-state index >= 15 is 0 Å². The maximum atomic E-state index is 13.0.